The fourth-order valence-corrected chi connectivity index (χ4v) is 4.27. The molecule has 10 nitrogen and oxygen atoms in total. The Morgan fingerprint density at radius 1 is 1.08 bits per heavy atom. The lowest BCUT2D eigenvalue weighted by Gasteiger charge is -2.36. The number of hydrogen-bond acceptors (Lipinski definition) is 6. The Kier molecular flexibility index (Phi) is 10.0. The number of ether oxygens (including phenoxy) is 3. The maximum absolute atomic E-state index is 13.5. The largest absolute Gasteiger partial charge is 0.491 e. The first-order chi connectivity index (χ1) is 18.1. The van der Waals surface area contributed by atoms with Gasteiger partial charge in [-0.15, -0.1) is 0 Å². The number of amides is 4. The average molecular weight is 531 g/mol. The number of halogens is 1. The highest BCUT2D eigenvalue weighted by Gasteiger charge is 2.30. The number of rotatable bonds is 5. The second-order valence-corrected chi connectivity index (χ2v) is 9.38. The van der Waals surface area contributed by atoms with Crippen LogP contribution in [0.5, 0.6) is 5.75 Å². The number of anilines is 2. The summed E-state index contributed by atoms with van der Waals surface area (Å²) in [7, 11) is 4.70. The number of likely N-dealkylation sites (N-methyl/N-ethyl adjacent to an activating group) is 1. The zero-order valence-electron chi connectivity index (χ0n) is 22.3. The lowest BCUT2D eigenvalue weighted by atomic mass is 10.0. The molecule has 4 amide bonds. The summed E-state index contributed by atoms with van der Waals surface area (Å²) >= 11 is 0. The van der Waals surface area contributed by atoms with Gasteiger partial charge in [0.1, 0.15) is 24.8 Å². The highest BCUT2D eigenvalue weighted by atomic mass is 19.1. The molecule has 206 valence electrons. The van der Waals surface area contributed by atoms with Gasteiger partial charge in [0.05, 0.1) is 17.7 Å². The third-order valence-electron chi connectivity index (χ3n) is 6.37. The van der Waals surface area contributed by atoms with Crippen molar-refractivity contribution in [1.82, 2.24) is 9.80 Å². The molecule has 1 aliphatic rings. The average Bonchev–Trinajstić information content (AvgIpc) is 2.88. The number of urea groups is 1. The quantitative estimate of drug-likeness (QED) is 0.613. The van der Waals surface area contributed by atoms with E-state index in [9.17, 15) is 18.8 Å². The van der Waals surface area contributed by atoms with Crippen LogP contribution < -0.4 is 15.4 Å². The van der Waals surface area contributed by atoms with E-state index in [-0.39, 0.29) is 60.9 Å². The van der Waals surface area contributed by atoms with Gasteiger partial charge in [-0.1, -0.05) is 13.0 Å². The summed E-state index contributed by atoms with van der Waals surface area (Å²) in [4.78, 5) is 42.0. The number of carbonyl (C=O) groups is 3. The van der Waals surface area contributed by atoms with Crippen molar-refractivity contribution >= 4 is 29.2 Å². The molecule has 0 unspecified atom stereocenters. The zero-order chi connectivity index (χ0) is 27.8. The predicted octanol–water partition coefficient (Wildman–Crippen LogP) is 3.45. The molecule has 1 heterocycles. The Morgan fingerprint density at radius 3 is 2.45 bits per heavy atom. The van der Waals surface area contributed by atoms with Gasteiger partial charge in [0.2, 0.25) is 5.91 Å². The summed E-state index contributed by atoms with van der Waals surface area (Å²) in [6.45, 7) is 4.59. The van der Waals surface area contributed by atoms with Crippen molar-refractivity contribution in [1.29, 1.82) is 0 Å². The molecule has 38 heavy (non-hydrogen) atoms. The number of fused-ring (bicyclic) bond motifs is 1. The highest BCUT2D eigenvalue weighted by molar-refractivity contribution is 6.02. The van der Waals surface area contributed by atoms with Crippen molar-refractivity contribution in [3.05, 3.63) is 53.8 Å². The topological polar surface area (TPSA) is 109 Å². The van der Waals surface area contributed by atoms with Crippen molar-refractivity contribution in [2.24, 2.45) is 5.92 Å². The summed E-state index contributed by atoms with van der Waals surface area (Å²) in [5.41, 5.74) is 0.868. The molecule has 0 spiro atoms. The monoisotopic (exact) mass is 530 g/mol. The summed E-state index contributed by atoms with van der Waals surface area (Å²) in [5, 5.41) is 5.22. The molecule has 0 radical (unpaired) electrons. The van der Waals surface area contributed by atoms with Crippen molar-refractivity contribution < 1.29 is 33.0 Å². The van der Waals surface area contributed by atoms with E-state index in [1.165, 1.54) is 36.3 Å². The van der Waals surface area contributed by atoms with Crippen molar-refractivity contribution in [3.8, 4) is 5.75 Å². The van der Waals surface area contributed by atoms with Gasteiger partial charge in [-0.3, -0.25) is 9.59 Å². The summed E-state index contributed by atoms with van der Waals surface area (Å²) in [6.07, 6.45) is -0.337. The lowest BCUT2D eigenvalue weighted by molar-refractivity contribution is -0.139. The normalized spacial score (nSPS) is 20.5. The van der Waals surface area contributed by atoms with E-state index in [4.69, 9.17) is 14.2 Å². The van der Waals surface area contributed by atoms with Crippen LogP contribution in [0.1, 0.15) is 24.2 Å². The number of carbonyl (C=O) groups excluding carboxylic acids is 3. The van der Waals surface area contributed by atoms with Crippen molar-refractivity contribution in [2.45, 2.75) is 26.0 Å². The van der Waals surface area contributed by atoms with Gasteiger partial charge >= 0.3 is 6.03 Å². The molecule has 0 saturated heterocycles. The Bertz CT molecular complexity index is 1150. The van der Waals surface area contributed by atoms with Crippen LogP contribution in [0.3, 0.4) is 0 Å². The second kappa shape index (κ2) is 13.2. The first kappa shape index (κ1) is 28.9. The van der Waals surface area contributed by atoms with Crippen LogP contribution in [0.4, 0.5) is 20.6 Å². The van der Waals surface area contributed by atoms with Crippen LogP contribution in [-0.2, 0) is 14.3 Å². The summed E-state index contributed by atoms with van der Waals surface area (Å²) in [6, 6.07) is 9.32. The molecule has 1 aliphatic heterocycles. The molecule has 11 heteroatoms. The Hall–Kier alpha value is -3.70. The first-order valence-corrected chi connectivity index (χ1v) is 12.3. The molecular formula is C27H35FN4O6. The predicted molar refractivity (Wildman–Crippen MR) is 141 cm³/mol. The minimum Gasteiger partial charge on any atom is -0.491 e. The lowest BCUT2D eigenvalue weighted by Crippen LogP contribution is -2.49. The maximum Gasteiger partial charge on any atom is 0.323 e. The number of nitrogens with zero attached hydrogens (tertiary/aromatic N) is 2. The molecule has 2 aromatic carbocycles. The van der Waals surface area contributed by atoms with Crippen molar-refractivity contribution in [3.63, 3.8) is 0 Å². The van der Waals surface area contributed by atoms with E-state index in [1.807, 2.05) is 13.8 Å². The first-order valence-electron chi connectivity index (χ1n) is 12.3. The van der Waals surface area contributed by atoms with Gasteiger partial charge in [0, 0.05) is 51.6 Å². The van der Waals surface area contributed by atoms with E-state index in [0.717, 1.165) is 0 Å². The van der Waals surface area contributed by atoms with Crippen LogP contribution in [0, 0.1) is 11.7 Å². The van der Waals surface area contributed by atoms with Crippen molar-refractivity contribution in [2.75, 3.05) is 58.2 Å². The van der Waals surface area contributed by atoms with Crippen LogP contribution in [0.2, 0.25) is 0 Å². The summed E-state index contributed by atoms with van der Waals surface area (Å²) in [5.74, 6) is -0.739. The summed E-state index contributed by atoms with van der Waals surface area (Å²) < 4.78 is 30.2. The highest BCUT2D eigenvalue weighted by Crippen LogP contribution is 2.27. The molecule has 3 rings (SSSR count). The maximum atomic E-state index is 13.5. The van der Waals surface area contributed by atoms with E-state index < -0.39 is 11.8 Å². The van der Waals surface area contributed by atoms with Crippen LogP contribution in [0.25, 0.3) is 0 Å². The molecule has 3 atom stereocenters. The van der Waals surface area contributed by atoms with Gasteiger partial charge in [-0.25, -0.2) is 9.18 Å². The number of methoxy groups -OCH3 is 2. The molecule has 0 aromatic heterocycles. The van der Waals surface area contributed by atoms with Gasteiger partial charge in [-0.05, 0) is 43.3 Å². The smallest absolute Gasteiger partial charge is 0.323 e. The molecular weight excluding hydrogens is 495 g/mol. The second-order valence-electron chi connectivity index (χ2n) is 9.38. The number of benzene rings is 2. The zero-order valence-corrected chi connectivity index (χ0v) is 22.3. The molecule has 0 fully saturated rings. The fraction of sp³-hybridized carbons (Fsp3) is 0.444. The fourth-order valence-electron chi connectivity index (χ4n) is 4.27. The van der Waals surface area contributed by atoms with Crippen LogP contribution in [0.15, 0.2) is 42.5 Å². The van der Waals surface area contributed by atoms with E-state index in [1.54, 1.807) is 37.3 Å². The van der Waals surface area contributed by atoms with E-state index in [2.05, 4.69) is 10.6 Å². The van der Waals surface area contributed by atoms with Gasteiger partial charge in [-0.2, -0.15) is 0 Å². The van der Waals surface area contributed by atoms with Crippen LogP contribution >= 0.6 is 0 Å². The number of hydrogen-bond donors (Lipinski definition) is 2. The molecule has 0 saturated carbocycles. The van der Waals surface area contributed by atoms with Crippen LogP contribution in [-0.4, -0.2) is 87.4 Å². The third-order valence-corrected chi connectivity index (χ3v) is 6.37. The van der Waals surface area contributed by atoms with E-state index in [0.29, 0.717) is 18.0 Å². The van der Waals surface area contributed by atoms with Gasteiger partial charge in [0.15, 0.2) is 0 Å². The molecule has 0 bridgehead atoms. The Balaban J connectivity index is 1.88. The molecule has 2 N–H and O–H groups in total. The molecule has 0 aliphatic carbocycles. The van der Waals surface area contributed by atoms with E-state index >= 15 is 0 Å². The SMILES string of the molecule is COCC(=O)N1C[C@@H](C)[C@H](OC)CN(C)C(=O)c2cc(NC(=O)Nc3cccc(F)c3)ccc2OC[C@H]1C. The third kappa shape index (κ3) is 7.42. The Labute approximate surface area is 222 Å². The minimum atomic E-state index is -0.598. The number of nitrogens with one attached hydrogen (secondary N) is 2. The Morgan fingerprint density at radius 2 is 1.79 bits per heavy atom. The standard InChI is InChI=1S/C27H35FN4O6/c1-17-13-32(25(33)16-36-4)18(2)15-38-23-10-9-21(12-22(23)26(34)31(3)14-24(17)37-5)30-27(35)29-20-8-6-7-19(28)11-20/h6-12,17-18,24H,13-16H2,1-5H3,(H2,29,30,35)/t17-,18-,24-/m1/s1. The van der Waals surface area contributed by atoms with Gasteiger partial charge in [0.25, 0.3) is 5.91 Å². The minimum absolute atomic E-state index is 0.0591. The van der Waals surface area contributed by atoms with Gasteiger partial charge < -0.3 is 34.6 Å². The molecule has 2 aromatic rings.